The number of phenols is 4. The fourth-order valence-corrected chi connectivity index (χ4v) is 10.7. The number of benzene rings is 4. The van der Waals surface area contributed by atoms with Gasteiger partial charge in [-0.05, 0) is 80.2 Å². The molecular weight excluding hydrogens is 858 g/mol. The molecule has 0 atom stereocenters. The van der Waals surface area contributed by atoms with E-state index in [1.807, 2.05) is 24.3 Å². The zero-order valence-electron chi connectivity index (χ0n) is 28.7. The number of hydrogen-bond acceptors (Lipinski definition) is 4. The molecule has 0 unspecified atom stereocenters. The summed E-state index contributed by atoms with van der Waals surface area (Å²) in [4.78, 5) is 0. The van der Waals surface area contributed by atoms with Gasteiger partial charge in [0.25, 0.3) is 0 Å². The molecule has 4 aromatic carbocycles. The first kappa shape index (κ1) is 48.3. The minimum Gasteiger partial charge on any atom is -0.508 e. The molecule has 0 bridgehead atoms. The van der Waals surface area contributed by atoms with Gasteiger partial charge in [-0.2, -0.15) is 0 Å². The SMILES string of the molecule is C[PH+](C)CC[PH+](C)C.C[PH+](C)CC[PH+](C)C.Oc1ccccc1.Oc1ccccc1.Oc1ccccc1.Oc1ccccc1.[U]. The average Bonchev–Trinajstić information content (AvgIpc) is 2.98. The molecule has 4 N–H and O–H groups in total. The Labute approximate surface area is 303 Å². The van der Waals surface area contributed by atoms with Gasteiger partial charge in [0.1, 0.15) is 23.0 Å². The Bertz CT molecular complexity index is 925. The first-order valence-corrected chi connectivity index (χ1v) is 25.8. The van der Waals surface area contributed by atoms with E-state index in [2.05, 4.69) is 53.3 Å². The molecular formula is C36H60O4P4U+4. The van der Waals surface area contributed by atoms with Gasteiger partial charge in [-0.3, -0.25) is 0 Å². The second-order valence-corrected chi connectivity index (χ2v) is 22.8. The Morgan fingerprint density at radius 1 is 0.311 bits per heavy atom. The van der Waals surface area contributed by atoms with E-state index in [4.69, 9.17) is 20.4 Å². The molecule has 0 spiro atoms. The largest absolute Gasteiger partial charge is 0.508 e. The van der Waals surface area contributed by atoms with Crippen LogP contribution in [0.25, 0.3) is 0 Å². The zero-order chi connectivity index (χ0) is 33.6. The van der Waals surface area contributed by atoms with Gasteiger partial charge in [-0.1, -0.05) is 72.8 Å². The third-order valence-corrected chi connectivity index (χ3v) is 11.3. The average molecular weight is 919 g/mol. The van der Waals surface area contributed by atoms with Crippen LogP contribution < -0.4 is 0 Å². The van der Waals surface area contributed by atoms with Gasteiger partial charge in [0, 0.05) is 84.4 Å². The first-order valence-electron chi connectivity index (χ1n) is 15.0. The molecule has 4 aromatic rings. The van der Waals surface area contributed by atoms with E-state index in [9.17, 15) is 0 Å². The summed E-state index contributed by atoms with van der Waals surface area (Å²) in [5.74, 6) is 1.29. The van der Waals surface area contributed by atoms with E-state index in [0.29, 0.717) is 23.0 Å². The molecule has 0 radical (unpaired) electrons. The van der Waals surface area contributed by atoms with Crippen molar-refractivity contribution in [1.29, 1.82) is 0 Å². The minimum absolute atomic E-state index is 0. The van der Waals surface area contributed by atoms with Crippen LogP contribution in [0.5, 0.6) is 23.0 Å². The van der Waals surface area contributed by atoms with Gasteiger partial charge in [0.2, 0.25) is 0 Å². The van der Waals surface area contributed by atoms with Crippen LogP contribution in [0, 0.1) is 31.1 Å². The molecule has 0 heterocycles. The van der Waals surface area contributed by atoms with Crippen LogP contribution in [0.1, 0.15) is 0 Å². The van der Waals surface area contributed by atoms with Crippen molar-refractivity contribution < 1.29 is 51.5 Å². The van der Waals surface area contributed by atoms with Crippen LogP contribution in [0.4, 0.5) is 0 Å². The second-order valence-electron chi connectivity index (χ2n) is 11.2. The quantitative estimate of drug-likeness (QED) is 0.146. The maximum absolute atomic E-state index is 8.63. The van der Waals surface area contributed by atoms with Gasteiger partial charge < -0.3 is 20.4 Å². The van der Waals surface area contributed by atoms with E-state index in [-0.39, 0.29) is 62.8 Å². The third kappa shape index (κ3) is 42.9. The van der Waals surface area contributed by atoms with E-state index < -0.39 is 0 Å². The number of hydrogen-bond donors (Lipinski definition) is 4. The molecule has 0 saturated carbocycles. The Morgan fingerprint density at radius 2 is 0.444 bits per heavy atom. The fraction of sp³-hybridized carbons (Fsp3) is 0.333. The molecule has 4 nitrogen and oxygen atoms in total. The van der Waals surface area contributed by atoms with E-state index in [1.165, 1.54) is 24.6 Å². The van der Waals surface area contributed by atoms with Crippen LogP contribution in [0.2, 0.25) is 0 Å². The van der Waals surface area contributed by atoms with E-state index >= 15 is 0 Å². The van der Waals surface area contributed by atoms with E-state index in [0.717, 1.165) is 0 Å². The number of rotatable bonds is 6. The van der Waals surface area contributed by atoms with Gasteiger partial charge in [0.05, 0.1) is 24.6 Å². The Kier molecular flexibility index (Phi) is 36.7. The van der Waals surface area contributed by atoms with Gasteiger partial charge in [-0.15, -0.1) is 0 Å². The summed E-state index contributed by atoms with van der Waals surface area (Å²) < 4.78 is 0. The molecule has 0 fully saturated rings. The standard InChI is InChI=1S/4C6H6O.2C6H16P2.U/c4*7-6-4-2-1-3-5-6;2*1-7(2)5-6-8(3)4;/h4*1-5,7H;2*5-6H2,1-4H3;/p+4. The molecule has 0 amide bonds. The van der Waals surface area contributed by atoms with Crippen LogP contribution in [-0.2, 0) is 0 Å². The first-order chi connectivity index (χ1) is 20.8. The number of aromatic hydroxyl groups is 4. The number of phenolic OH excluding ortho intramolecular Hbond substituents is 4. The molecule has 4 rings (SSSR count). The van der Waals surface area contributed by atoms with Crippen molar-refractivity contribution in [3.63, 3.8) is 0 Å². The van der Waals surface area contributed by atoms with Gasteiger partial charge in [0.15, 0.2) is 0 Å². The topological polar surface area (TPSA) is 80.9 Å². The molecule has 0 saturated heterocycles. The summed E-state index contributed by atoms with van der Waals surface area (Å²) in [6, 6.07) is 34.9. The van der Waals surface area contributed by atoms with Crippen molar-refractivity contribution >= 4 is 31.7 Å². The summed E-state index contributed by atoms with van der Waals surface area (Å²) in [6.07, 6.45) is 6.13. The predicted octanol–water partition coefficient (Wildman–Crippen LogP) is 9.44. The van der Waals surface area contributed by atoms with Crippen molar-refractivity contribution in [2.24, 2.45) is 0 Å². The van der Waals surface area contributed by atoms with Crippen molar-refractivity contribution in [2.45, 2.75) is 0 Å². The van der Waals surface area contributed by atoms with Gasteiger partial charge in [-0.25, -0.2) is 0 Å². The Hall–Kier alpha value is -1.15. The summed E-state index contributed by atoms with van der Waals surface area (Å²) in [5.41, 5.74) is 0. The normalized spacial score (nSPS) is 9.33. The Morgan fingerprint density at radius 3 is 0.511 bits per heavy atom. The summed E-state index contributed by atoms with van der Waals surface area (Å²) in [7, 11) is 0.383. The minimum atomic E-state index is 0. The predicted molar refractivity (Wildman–Crippen MR) is 213 cm³/mol. The summed E-state index contributed by atoms with van der Waals surface area (Å²) in [5, 5.41) is 34.5. The zero-order valence-corrected chi connectivity index (χ0v) is 36.8. The monoisotopic (exact) mass is 918 g/mol. The van der Waals surface area contributed by atoms with Crippen molar-refractivity contribution in [1.82, 2.24) is 0 Å². The molecule has 45 heavy (non-hydrogen) atoms. The van der Waals surface area contributed by atoms with Crippen LogP contribution >= 0.6 is 31.7 Å². The molecule has 248 valence electrons. The molecule has 0 aliphatic carbocycles. The second kappa shape index (κ2) is 34.2. The molecule has 0 aliphatic heterocycles. The van der Waals surface area contributed by atoms with Gasteiger partial charge >= 0.3 is 0 Å². The van der Waals surface area contributed by atoms with Crippen molar-refractivity contribution in [3.05, 3.63) is 121 Å². The van der Waals surface area contributed by atoms with Crippen molar-refractivity contribution in [2.75, 3.05) is 78.0 Å². The van der Waals surface area contributed by atoms with Crippen LogP contribution in [0.3, 0.4) is 0 Å². The molecule has 0 aromatic heterocycles. The fourth-order valence-electron chi connectivity index (χ4n) is 2.71. The molecule has 9 heteroatoms. The van der Waals surface area contributed by atoms with Crippen LogP contribution in [0.15, 0.2) is 121 Å². The van der Waals surface area contributed by atoms with Crippen LogP contribution in [-0.4, -0.2) is 98.4 Å². The van der Waals surface area contributed by atoms with Crippen molar-refractivity contribution in [3.8, 4) is 23.0 Å². The summed E-state index contributed by atoms with van der Waals surface area (Å²) in [6.45, 7) is 19.2. The summed E-state index contributed by atoms with van der Waals surface area (Å²) >= 11 is 0. The third-order valence-electron chi connectivity index (χ3n) is 5.27. The maximum Gasteiger partial charge on any atom is 0.115 e. The number of para-hydroxylation sites is 4. The van der Waals surface area contributed by atoms with E-state index in [1.54, 1.807) is 97.1 Å². The molecule has 0 aliphatic rings. The Balaban J connectivity index is -0.000000468. The smallest absolute Gasteiger partial charge is 0.115 e. The maximum atomic E-state index is 8.63.